The van der Waals surface area contributed by atoms with Crippen molar-refractivity contribution in [3.05, 3.63) is 0 Å². The van der Waals surface area contributed by atoms with Crippen molar-refractivity contribution >= 4 is 13.8 Å². The predicted molar refractivity (Wildman–Crippen MR) is 103 cm³/mol. The van der Waals surface area contributed by atoms with Crippen molar-refractivity contribution in [2.45, 2.75) is 110 Å². The van der Waals surface area contributed by atoms with Gasteiger partial charge in [0.05, 0.1) is 0 Å². The molecule has 0 aromatic heterocycles. The van der Waals surface area contributed by atoms with Gasteiger partial charge in [0.2, 0.25) is 0 Å². The third kappa shape index (κ3) is 23.6. The quantitative estimate of drug-likeness (QED) is 0.208. The van der Waals surface area contributed by atoms with Crippen LogP contribution in [0.4, 0.5) is 0 Å². The molecule has 0 spiro atoms. The van der Waals surface area contributed by atoms with E-state index in [1.54, 1.807) is 0 Å². The van der Waals surface area contributed by atoms with Crippen molar-refractivity contribution in [3.63, 3.8) is 0 Å². The van der Waals surface area contributed by atoms with E-state index in [-0.39, 0.29) is 12.6 Å². The van der Waals surface area contributed by atoms with Gasteiger partial charge in [0.15, 0.2) is 0 Å². The molecule has 0 aromatic rings. The summed E-state index contributed by atoms with van der Waals surface area (Å²) in [6, 6.07) is 0. The van der Waals surface area contributed by atoms with Gasteiger partial charge in [-0.3, -0.25) is 14.6 Å². The molecule has 6 nitrogen and oxygen atoms in total. The molecule has 25 heavy (non-hydrogen) atoms. The smallest absolute Gasteiger partial charge is 0.371 e. The van der Waals surface area contributed by atoms with Gasteiger partial charge in [-0.2, -0.15) is 0 Å². The highest BCUT2D eigenvalue weighted by Crippen LogP contribution is 2.36. The Kier molecular flexibility index (Phi) is 19.7. The molecule has 0 aliphatic rings. The molecule has 0 saturated heterocycles. The summed E-state index contributed by atoms with van der Waals surface area (Å²) in [5.41, 5.74) is 0. The lowest BCUT2D eigenvalue weighted by molar-refractivity contribution is -0.135. The molecule has 0 aliphatic carbocycles. The maximum Gasteiger partial charge on any atom is 0.526 e. The van der Waals surface area contributed by atoms with Gasteiger partial charge in [0.25, 0.3) is 0 Å². The highest BCUT2D eigenvalue weighted by Gasteiger charge is 2.19. The molecule has 0 fully saturated rings. The number of carbonyl (C=O) groups is 1. The molecule has 0 rings (SSSR count). The molecule has 0 heterocycles. The summed E-state index contributed by atoms with van der Waals surface area (Å²) in [6.45, 7) is 2.25. The number of hydrogen-bond donors (Lipinski definition) is 3. The van der Waals surface area contributed by atoms with Crippen molar-refractivity contribution in [2.75, 3.05) is 0 Å². The van der Waals surface area contributed by atoms with Gasteiger partial charge < -0.3 is 10.7 Å². The van der Waals surface area contributed by atoms with Crippen molar-refractivity contribution in [1.29, 1.82) is 0 Å². The van der Waals surface area contributed by atoms with Crippen LogP contribution >= 0.6 is 7.82 Å². The van der Waals surface area contributed by atoms with Crippen LogP contribution < -0.4 is 6.15 Å². The second kappa shape index (κ2) is 18.4. The molecule has 0 radical (unpaired) electrons. The van der Waals surface area contributed by atoms with Crippen LogP contribution in [-0.2, 0) is 13.9 Å². The van der Waals surface area contributed by atoms with Crippen LogP contribution in [-0.4, -0.2) is 15.8 Å². The van der Waals surface area contributed by atoms with E-state index in [1.807, 2.05) is 0 Å². The van der Waals surface area contributed by atoms with Crippen LogP contribution in [0.15, 0.2) is 0 Å². The van der Waals surface area contributed by atoms with Crippen LogP contribution in [0.5, 0.6) is 0 Å². The molecule has 0 amide bonds. The highest BCUT2D eigenvalue weighted by atomic mass is 31.2. The minimum Gasteiger partial charge on any atom is -0.371 e. The van der Waals surface area contributed by atoms with Crippen LogP contribution in [0.25, 0.3) is 0 Å². The number of carbonyl (C=O) groups excluding carboxylic acids is 1. The number of phosphoric ester groups is 1. The third-order valence-corrected chi connectivity index (χ3v) is 4.65. The third-order valence-electron chi connectivity index (χ3n) is 4.21. The lowest BCUT2D eigenvalue weighted by atomic mass is 10.0. The molecular weight excluding hydrogens is 341 g/mol. The first-order valence-electron chi connectivity index (χ1n) is 9.73. The number of unbranched alkanes of at least 4 members (excludes halogenated alkanes) is 14. The zero-order chi connectivity index (χ0) is 18.1. The lowest BCUT2D eigenvalue weighted by Crippen LogP contribution is -2.01. The van der Waals surface area contributed by atoms with Gasteiger partial charge in [0, 0.05) is 6.42 Å². The Bertz CT molecular complexity index is 346. The van der Waals surface area contributed by atoms with Gasteiger partial charge in [-0.15, -0.1) is 0 Å². The molecule has 0 saturated carbocycles. The minimum absolute atomic E-state index is 0. The summed E-state index contributed by atoms with van der Waals surface area (Å²) >= 11 is 0. The second-order valence-corrected chi connectivity index (χ2v) is 7.82. The molecule has 152 valence electrons. The van der Waals surface area contributed by atoms with Crippen molar-refractivity contribution in [2.24, 2.45) is 0 Å². The van der Waals surface area contributed by atoms with E-state index in [4.69, 9.17) is 9.79 Å². The fraction of sp³-hybridized carbons (Fsp3) is 0.944. The summed E-state index contributed by atoms with van der Waals surface area (Å²) in [4.78, 5) is 28.0. The first-order chi connectivity index (χ1) is 11.5. The van der Waals surface area contributed by atoms with Crippen LogP contribution in [0.1, 0.15) is 110 Å². The Morgan fingerprint density at radius 1 is 0.720 bits per heavy atom. The van der Waals surface area contributed by atoms with Crippen LogP contribution in [0.3, 0.4) is 0 Å². The standard InChI is InChI=1S/C18H37O5P.H3N/c1-2-3-4-5-6-7-8-9-10-11-12-13-14-15-16-17-18(19)23-24(20,21)22;/h2-17H2,1H3,(H2,20,21,22);1H3. The van der Waals surface area contributed by atoms with Gasteiger partial charge in [-0.05, 0) is 6.42 Å². The molecule has 0 aliphatic heterocycles. The topological polar surface area (TPSA) is 119 Å². The molecule has 0 atom stereocenters. The molecule has 0 aromatic carbocycles. The Hall–Kier alpha value is -0.420. The number of phosphoric acid groups is 1. The van der Waals surface area contributed by atoms with E-state index in [0.717, 1.165) is 12.8 Å². The van der Waals surface area contributed by atoms with E-state index >= 15 is 0 Å². The molecular formula is C18H40NO5P. The van der Waals surface area contributed by atoms with Crippen LogP contribution in [0.2, 0.25) is 0 Å². The van der Waals surface area contributed by atoms with Crippen LogP contribution in [0, 0.1) is 0 Å². The average molecular weight is 381 g/mol. The van der Waals surface area contributed by atoms with Gasteiger partial charge in [-0.1, -0.05) is 96.8 Å². The zero-order valence-electron chi connectivity index (χ0n) is 16.1. The summed E-state index contributed by atoms with van der Waals surface area (Å²) in [5.74, 6) is -0.807. The Balaban J connectivity index is 0. The van der Waals surface area contributed by atoms with Crippen molar-refractivity contribution in [1.82, 2.24) is 6.15 Å². The molecule has 5 N–H and O–H groups in total. The van der Waals surface area contributed by atoms with E-state index < -0.39 is 13.8 Å². The van der Waals surface area contributed by atoms with E-state index in [0.29, 0.717) is 6.42 Å². The molecule has 0 bridgehead atoms. The largest absolute Gasteiger partial charge is 0.526 e. The van der Waals surface area contributed by atoms with Gasteiger partial charge in [0.1, 0.15) is 0 Å². The summed E-state index contributed by atoms with van der Waals surface area (Å²) in [6.07, 6.45) is 18.7. The monoisotopic (exact) mass is 381 g/mol. The van der Waals surface area contributed by atoms with E-state index in [9.17, 15) is 9.36 Å². The Morgan fingerprint density at radius 3 is 1.36 bits per heavy atom. The summed E-state index contributed by atoms with van der Waals surface area (Å²) in [5, 5.41) is 0. The van der Waals surface area contributed by atoms with E-state index in [2.05, 4.69) is 11.4 Å². The number of rotatable bonds is 17. The van der Waals surface area contributed by atoms with E-state index in [1.165, 1.54) is 77.0 Å². The van der Waals surface area contributed by atoms with Gasteiger partial charge >= 0.3 is 13.8 Å². The fourth-order valence-electron chi connectivity index (χ4n) is 2.82. The zero-order valence-corrected chi connectivity index (χ0v) is 17.0. The molecule has 7 heteroatoms. The summed E-state index contributed by atoms with van der Waals surface area (Å²) < 4.78 is 14.4. The fourth-order valence-corrected chi connectivity index (χ4v) is 3.18. The van der Waals surface area contributed by atoms with Crippen molar-refractivity contribution in [3.8, 4) is 0 Å². The minimum atomic E-state index is -4.66. The Labute approximate surface area is 153 Å². The van der Waals surface area contributed by atoms with Crippen molar-refractivity contribution < 1.29 is 23.7 Å². The maximum absolute atomic E-state index is 11.1. The first-order valence-corrected chi connectivity index (χ1v) is 11.3. The molecule has 0 unspecified atom stereocenters. The maximum atomic E-state index is 11.1. The SMILES string of the molecule is CCCCCCCCCCCCCCCCCC(=O)OP(=O)(O)O.N. The number of hydrogen-bond acceptors (Lipinski definition) is 4. The lowest BCUT2D eigenvalue weighted by Gasteiger charge is -2.05. The predicted octanol–water partition coefficient (Wildman–Crippen LogP) is 6.05. The normalized spacial score (nSPS) is 11.2. The average Bonchev–Trinajstić information content (AvgIpc) is 2.49. The second-order valence-electron chi connectivity index (χ2n) is 6.65. The first kappa shape index (κ1) is 26.8. The van der Waals surface area contributed by atoms with Gasteiger partial charge in [-0.25, -0.2) is 4.57 Å². The highest BCUT2D eigenvalue weighted by molar-refractivity contribution is 7.46. The Morgan fingerprint density at radius 2 is 1.04 bits per heavy atom. The summed E-state index contributed by atoms with van der Waals surface area (Å²) in [7, 11) is -4.66.